The van der Waals surface area contributed by atoms with Crippen LogP contribution < -0.4 is 10.1 Å². The third kappa shape index (κ3) is 4.61. The van der Waals surface area contributed by atoms with Crippen molar-refractivity contribution in [1.82, 2.24) is 5.32 Å². The molecule has 1 aromatic rings. The Morgan fingerprint density at radius 1 is 1.29 bits per heavy atom. The van der Waals surface area contributed by atoms with Crippen molar-refractivity contribution >= 4 is 0 Å². The molecule has 94 valence electrons. The van der Waals surface area contributed by atoms with E-state index in [-0.39, 0.29) is 5.41 Å². The van der Waals surface area contributed by atoms with Gasteiger partial charge in [0.2, 0.25) is 0 Å². The second kappa shape index (κ2) is 6.45. The van der Waals surface area contributed by atoms with E-state index in [0.717, 1.165) is 18.8 Å². The summed E-state index contributed by atoms with van der Waals surface area (Å²) in [7, 11) is 0. The zero-order chi connectivity index (χ0) is 12.7. The van der Waals surface area contributed by atoms with E-state index in [0.29, 0.717) is 6.61 Å². The Hall–Kier alpha value is -1.28. The van der Waals surface area contributed by atoms with Gasteiger partial charge in [-0.3, -0.25) is 0 Å². The summed E-state index contributed by atoms with van der Waals surface area (Å²) < 4.78 is 5.81. The van der Waals surface area contributed by atoms with Crippen LogP contribution in [0.25, 0.3) is 0 Å². The predicted octanol–water partition coefficient (Wildman–Crippen LogP) is 3.14. The Bertz CT molecular complexity index is 352. The fraction of sp³-hybridized carbons (Fsp3) is 0.467. The van der Waals surface area contributed by atoms with Gasteiger partial charge < -0.3 is 10.1 Å². The Balaban J connectivity index is 2.56. The molecule has 0 saturated heterocycles. The maximum Gasteiger partial charge on any atom is 0.123 e. The third-order valence-corrected chi connectivity index (χ3v) is 2.52. The van der Waals surface area contributed by atoms with Crippen molar-refractivity contribution in [3.8, 4) is 5.75 Å². The minimum absolute atomic E-state index is 0.116. The van der Waals surface area contributed by atoms with Crippen LogP contribution in [0.5, 0.6) is 5.75 Å². The van der Waals surface area contributed by atoms with E-state index in [4.69, 9.17) is 4.74 Å². The number of ether oxygens (including phenoxy) is 1. The first-order valence-corrected chi connectivity index (χ1v) is 6.09. The lowest BCUT2D eigenvalue weighted by atomic mass is 9.86. The van der Waals surface area contributed by atoms with Crippen LogP contribution in [0.1, 0.15) is 26.3 Å². The van der Waals surface area contributed by atoms with E-state index in [1.54, 1.807) is 0 Å². The summed E-state index contributed by atoms with van der Waals surface area (Å²) in [6.45, 7) is 12.6. The minimum Gasteiger partial charge on any atom is -0.492 e. The van der Waals surface area contributed by atoms with Gasteiger partial charge in [-0.25, -0.2) is 0 Å². The van der Waals surface area contributed by atoms with Crippen LogP contribution in [0.4, 0.5) is 0 Å². The van der Waals surface area contributed by atoms with Crippen LogP contribution in [0.3, 0.4) is 0 Å². The lowest BCUT2D eigenvalue weighted by Crippen LogP contribution is -2.22. The number of para-hydroxylation sites is 1. The van der Waals surface area contributed by atoms with Crippen molar-refractivity contribution in [1.29, 1.82) is 0 Å². The number of hydrogen-bond acceptors (Lipinski definition) is 2. The highest BCUT2D eigenvalue weighted by Gasteiger charge is 2.17. The largest absolute Gasteiger partial charge is 0.492 e. The highest BCUT2D eigenvalue weighted by molar-refractivity contribution is 5.38. The van der Waals surface area contributed by atoms with E-state index < -0.39 is 0 Å². The van der Waals surface area contributed by atoms with Crippen molar-refractivity contribution in [2.45, 2.75) is 26.2 Å². The van der Waals surface area contributed by atoms with E-state index >= 15 is 0 Å². The summed E-state index contributed by atoms with van der Waals surface area (Å²) in [4.78, 5) is 0. The highest BCUT2D eigenvalue weighted by atomic mass is 16.5. The minimum atomic E-state index is 0.116. The van der Waals surface area contributed by atoms with Crippen molar-refractivity contribution in [2.24, 2.45) is 0 Å². The molecule has 0 aliphatic carbocycles. The molecule has 17 heavy (non-hydrogen) atoms. The molecule has 0 saturated carbocycles. The van der Waals surface area contributed by atoms with E-state index in [9.17, 15) is 0 Å². The summed E-state index contributed by atoms with van der Waals surface area (Å²) in [5.74, 6) is 0.986. The lowest BCUT2D eigenvalue weighted by Gasteiger charge is -2.22. The van der Waals surface area contributed by atoms with Gasteiger partial charge >= 0.3 is 0 Å². The maximum absolute atomic E-state index is 5.81. The monoisotopic (exact) mass is 233 g/mol. The molecule has 0 aliphatic heterocycles. The second-order valence-corrected chi connectivity index (χ2v) is 5.09. The predicted molar refractivity (Wildman–Crippen MR) is 73.7 cm³/mol. The fourth-order valence-corrected chi connectivity index (χ4v) is 1.65. The van der Waals surface area contributed by atoms with Gasteiger partial charge in [0.05, 0.1) is 0 Å². The zero-order valence-corrected chi connectivity index (χ0v) is 11.1. The SMILES string of the molecule is C=CCNCCOc1ccccc1C(C)(C)C. The molecule has 0 aromatic heterocycles. The standard InChI is InChI=1S/C15H23NO/c1-5-10-16-11-12-17-14-9-7-6-8-13(14)15(2,3)4/h5-9,16H,1,10-12H2,2-4H3. The Morgan fingerprint density at radius 3 is 2.65 bits per heavy atom. The van der Waals surface area contributed by atoms with Gasteiger partial charge in [0.15, 0.2) is 0 Å². The normalized spacial score (nSPS) is 11.2. The van der Waals surface area contributed by atoms with Crippen LogP contribution in [-0.4, -0.2) is 19.7 Å². The first-order valence-electron chi connectivity index (χ1n) is 6.09. The average molecular weight is 233 g/mol. The van der Waals surface area contributed by atoms with E-state index in [2.05, 4.69) is 44.8 Å². The molecule has 1 aromatic carbocycles. The van der Waals surface area contributed by atoms with Gasteiger partial charge in [0, 0.05) is 13.1 Å². The van der Waals surface area contributed by atoms with Gasteiger partial charge in [-0.15, -0.1) is 6.58 Å². The van der Waals surface area contributed by atoms with E-state index in [1.165, 1.54) is 5.56 Å². The van der Waals surface area contributed by atoms with Crippen molar-refractivity contribution in [2.75, 3.05) is 19.7 Å². The smallest absolute Gasteiger partial charge is 0.123 e. The molecule has 1 N–H and O–H groups in total. The second-order valence-electron chi connectivity index (χ2n) is 5.09. The first kappa shape index (κ1) is 13.8. The summed E-state index contributed by atoms with van der Waals surface area (Å²) in [6.07, 6.45) is 1.85. The molecule has 0 radical (unpaired) electrons. The van der Waals surface area contributed by atoms with Gasteiger partial charge in [-0.05, 0) is 17.0 Å². The van der Waals surface area contributed by atoms with Gasteiger partial charge in [-0.2, -0.15) is 0 Å². The topological polar surface area (TPSA) is 21.3 Å². The van der Waals surface area contributed by atoms with Crippen LogP contribution >= 0.6 is 0 Å². The number of benzene rings is 1. The Morgan fingerprint density at radius 2 is 2.00 bits per heavy atom. The van der Waals surface area contributed by atoms with Crippen molar-refractivity contribution in [3.05, 3.63) is 42.5 Å². The Kier molecular flexibility index (Phi) is 5.23. The molecule has 2 nitrogen and oxygen atoms in total. The molecule has 1 rings (SSSR count). The Labute approximate surface area is 105 Å². The highest BCUT2D eigenvalue weighted by Crippen LogP contribution is 2.30. The quantitative estimate of drug-likeness (QED) is 0.602. The number of hydrogen-bond donors (Lipinski definition) is 1. The summed E-state index contributed by atoms with van der Waals surface area (Å²) in [5.41, 5.74) is 1.37. The molecule has 2 heteroatoms. The van der Waals surface area contributed by atoms with Gasteiger partial charge in [0.25, 0.3) is 0 Å². The molecule has 0 spiro atoms. The molecular formula is C15H23NO. The average Bonchev–Trinajstić information content (AvgIpc) is 2.28. The fourth-order valence-electron chi connectivity index (χ4n) is 1.65. The summed E-state index contributed by atoms with van der Waals surface area (Å²) in [5, 5.41) is 3.22. The molecule has 0 heterocycles. The molecule has 0 amide bonds. The number of rotatable bonds is 6. The van der Waals surface area contributed by atoms with Gasteiger partial charge in [-0.1, -0.05) is 45.0 Å². The van der Waals surface area contributed by atoms with E-state index in [1.807, 2.05) is 18.2 Å². The zero-order valence-electron chi connectivity index (χ0n) is 11.1. The summed E-state index contributed by atoms with van der Waals surface area (Å²) >= 11 is 0. The lowest BCUT2D eigenvalue weighted by molar-refractivity contribution is 0.308. The number of nitrogens with one attached hydrogen (secondary N) is 1. The maximum atomic E-state index is 5.81. The first-order chi connectivity index (χ1) is 8.05. The van der Waals surface area contributed by atoms with Crippen LogP contribution in [0.15, 0.2) is 36.9 Å². The third-order valence-electron chi connectivity index (χ3n) is 2.52. The van der Waals surface area contributed by atoms with Crippen molar-refractivity contribution in [3.63, 3.8) is 0 Å². The molecule has 0 aliphatic rings. The van der Waals surface area contributed by atoms with Crippen LogP contribution in [-0.2, 0) is 5.41 Å². The molecule has 0 bridgehead atoms. The van der Waals surface area contributed by atoms with Crippen molar-refractivity contribution < 1.29 is 4.74 Å². The molecule has 0 fully saturated rings. The van der Waals surface area contributed by atoms with Gasteiger partial charge in [0.1, 0.15) is 12.4 Å². The molecule has 0 unspecified atom stereocenters. The molecular weight excluding hydrogens is 210 g/mol. The molecule has 0 atom stereocenters. The van der Waals surface area contributed by atoms with Crippen LogP contribution in [0.2, 0.25) is 0 Å². The van der Waals surface area contributed by atoms with Crippen LogP contribution in [0, 0.1) is 0 Å². The summed E-state index contributed by atoms with van der Waals surface area (Å²) in [6, 6.07) is 8.24.